The summed E-state index contributed by atoms with van der Waals surface area (Å²) in [4.78, 5) is 25.1. The number of aromatic nitrogens is 2. The molecule has 2 aromatic rings. The van der Waals surface area contributed by atoms with Crippen molar-refractivity contribution in [2.24, 2.45) is 0 Å². The number of fused-ring (bicyclic) bond motifs is 1. The number of para-hydroxylation sites is 1. The van der Waals surface area contributed by atoms with Gasteiger partial charge in [0.1, 0.15) is 11.5 Å². The van der Waals surface area contributed by atoms with Gasteiger partial charge in [-0.25, -0.2) is 18.3 Å². The third kappa shape index (κ3) is 2.48. The smallest absolute Gasteiger partial charge is 0.343 e. The molecule has 1 atom stereocenters. The molecule has 1 unspecified atom stereocenters. The van der Waals surface area contributed by atoms with Gasteiger partial charge < -0.3 is 10.0 Å². The second-order valence-electron chi connectivity index (χ2n) is 6.74. The molecule has 2 aliphatic rings. The molecule has 8 heteroatoms. The first-order chi connectivity index (χ1) is 12.4. The lowest BCUT2D eigenvalue weighted by atomic mass is 10.1. The Morgan fingerprint density at radius 3 is 2.69 bits per heavy atom. The summed E-state index contributed by atoms with van der Waals surface area (Å²) in [6, 6.07) is 6.17. The molecule has 136 valence electrons. The Kier molecular flexibility index (Phi) is 3.78. The van der Waals surface area contributed by atoms with Crippen LogP contribution in [-0.2, 0) is 17.6 Å². The number of carbonyl (C=O) groups is 2. The van der Waals surface area contributed by atoms with Gasteiger partial charge in [-0.05, 0) is 31.4 Å². The molecule has 0 radical (unpaired) electrons. The molecule has 1 saturated heterocycles. The minimum atomic E-state index is -2.42. The monoisotopic (exact) mass is 361 g/mol. The summed E-state index contributed by atoms with van der Waals surface area (Å²) in [7, 11) is 0. The second-order valence-corrected chi connectivity index (χ2v) is 6.74. The van der Waals surface area contributed by atoms with Gasteiger partial charge in [0.15, 0.2) is 5.69 Å². The maximum Gasteiger partial charge on any atom is 0.343 e. The van der Waals surface area contributed by atoms with Crippen molar-refractivity contribution in [3.8, 4) is 5.69 Å². The lowest BCUT2D eigenvalue weighted by Crippen LogP contribution is -2.39. The van der Waals surface area contributed by atoms with Crippen LogP contribution >= 0.6 is 0 Å². The number of rotatable bonds is 3. The number of halogens is 2. The minimum absolute atomic E-state index is 0.0168. The Bertz CT molecular complexity index is 911. The average molecular weight is 361 g/mol. The number of hydrogen-bond acceptors (Lipinski definition) is 3. The molecule has 0 spiro atoms. The molecule has 0 saturated carbocycles. The Balaban J connectivity index is 1.71. The molecule has 1 aliphatic carbocycles. The molecule has 1 N–H and O–H groups in total. The van der Waals surface area contributed by atoms with Crippen molar-refractivity contribution in [3.05, 3.63) is 47.0 Å². The number of amides is 1. The number of hydrogen-bond donors (Lipinski definition) is 1. The van der Waals surface area contributed by atoms with E-state index in [1.165, 1.54) is 15.6 Å². The number of carbonyl (C=O) groups excluding carboxylic acids is 1. The first-order valence-electron chi connectivity index (χ1n) is 8.48. The summed E-state index contributed by atoms with van der Waals surface area (Å²) in [6.45, 7) is -0.481. The number of alkyl halides is 1. The second kappa shape index (κ2) is 5.89. The van der Waals surface area contributed by atoms with E-state index in [4.69, 9.17) is 5.11 Å². The Morgan fingerprint density at radius 2 is 2.00 bits per heavy atom. The number of nitrogens with zero attached hydrogens (tertiary/aromatic N) is 3. The number of benzene rings is 1. The van der Waals surface area contributed by atoms with Crippen LogP contribution in [0.4, 0.5) is 8.78 Å². The van der Waals surface area contributed by atoms with E-state index in [1.807, 2.05) is 0 Å². The van der Waals surface area contributed by atoms with Gasteiger partial charge >= 0.3 is 5.97 Å². The van der Waals surface area contributed by atoms with Crippen LogP contribution in [0.15, 0.2) is 24.3 Å². The highest BCUT2D eigenvalue weighted by Gasteiger charge is 2.47. The average Bonchev–Trinajstić information content (AvgIpc) is 3.30. The van der Waals surface area contributed by atoms with Crippen molar-refractivity contribution in [1.82, 2.24) is 14.7 Å². The van der Waals surface area contributed by atoms with Crippen molar-refractivity contribution in [1.29, 1.82) is 0 Å². The van der Waals surface area contributed by atoms with E-state index in [2.05, 4.69) is 5.10 Å². The van der Waals surface area contributed by atoms with Crippen LogP contribution in [-0.4, -0.2) is 50.4 Å². The van der Waals surface area contributed by atoms with E-state index >= 15 is 0 Å². The van der Waals surface area contributed by atoms with E-state index in [1.54, 1.807) is 18.2 Å². The highest BCUT2D eigenvalue weighted by molar-refractivity contribution is 5.95. The van der Waals surface area contributed by atoms with Crippen LogP contribution in [0.1, 0.15) is 34.6 Å². The molecule has 1 aliphatic heterocycles. The SMILES string of the molecule is O=C(c1nn(-c2ccccc2F)c2c1CCC2)N1CCC(F)(C(=O)O)C1. The Labute approximate surface area is 148 Å². The van der Waals surface area contributed by atoms with Crippen LogP contribution in [0.2, 0.25) is 0 Å². The van der Waals surface area contributed by atoms with Gasteiger partial charge in [-0.1, -0.05) is 12.1 Å². The molecule has 0 bridgehead atoms. The van der Waals surface area contributed by atoms with Gasteiger partial charge in [0, 0.05) is 24.2 Å². The zero-order valence-corrected chi connectivity index (χ0v) is 13.9. The molecular weight excluding hydrogens is 344 g/mol. The van der Waals surface area contributed by atoms with Crippen molar-refractivity contribution >= 4 is 11.9 Å². The molecule has 1 aromatic heterocycles. The van der Waals surface area contributed by atoms with Crippen molar-refractivity contribution in [2.45, 2.75) is 31.4 Å². The molecule has 1 fully saturated rings. The minimum Gasteiger partial charge on any atom is -0.479 e. The van der Waals surface area contributed by atoms with E-state index in [9.17, 15) is 18.4 Å². The number of likely N-dealkylation sites (tertiary alicyclic amines) is 1. The fourth-order valence-electron chi connectivity index (χ4n) is 3.70. The predicted molar refractivity (Wildman–Crippen MR) is 87.5 cm³/mol. The van der Waals surface area contributed by atoms with Crippen LogP contribution in [0, 0.1) is 5.82 Å². The molecular formula is C18H17F2N3O3. The van der Waals surface area contributed by atoms with E-state index < -0.39 is 29.9 Å². The Hall–Kier alpha value is -2.77. The van der Waals surface area contributed by atoms with Gasteiger partial charge in [0.2, 0.25) is 5.67 Å². The summed E-state index contributed by atoms with van der Waals surface area (Å²) in [5.74, 6) is -2.51. The van der Waals surface area contributed by atoms with Crippen LogP contribution in [0.5, 0.6) is 0 Å². The van der Waals surface area contributed by atoms with Gasteiger partial charge in [0.25, 0.3) is 5.91 Å². The molecule has 2 heterocycles. The predicted octanol–water partition coefficient (Wildman–Crippen LogP) is 2.14. The lowest BCUT2D eigenvalue weighted by molar-refractivity contribution is -0.149. The van der Waals surface area contributed by atoms with Crippen molar-refractivity contribution in [3.63, 3.8) is 0 Å². The van der Waals surface area contributed by atoms with E-state index in [0.29, 0.717) is 12.8 Å². The van der Waals surface area contributed by atoms with Gasteiger partial charge in [-0.2, -0.15) is 5.10 Å². The standard InChI is InChI=1S/C18H17F2N3O3/c19-12-5-1-2-6-14(12)23-13-7-3-4-11(13)15(21-23)16(24)22-9-8-18(20,10-22)17(25)26/h1-2,5-6H,3-4,7-10H2,(H,25,26). The van der Waals surface area contributed by atoms with Crippen molar-refractivity contribution in [2.75, 3.05) is 13.1 Å². The Morgan fingerprint density at radius 1 is 1.23 bits per heavy atom. The highest BCUT2D eigenvalue weighted by atomic mass is 19.1. The van der Waals surface area contributed by atoms with Crippen LogP contribution in [0.25, 0.3) is 5.69 Å². The summed E-state index contributed by atoms with van der Waals surface area (Å²) in [5.41, 5.74) is -0.480. The highest BCUT2D eigenvalue weighted by Crippen LogP contribution is 2.32. The number of aliphatic carboxylic acids is 1. The van der Waals surface area contributed by atoms with Crippen LogP contribution in [0.3, 0.4) is 0 Å². The maximum absolute atomic E-state index is 14.3. The molecule has 1 aromatic carbocycles. The first-order valence-corrected chi connectivity index (χ1v) is 8.48. The van der Waals surface area contributed by atoms with Gasteiger partial charge in [-0.3, -0.25) is 4.79 Å². The fraction of sp³-hybridized carbons (Fsp3) is 0.389. The normalized spacial score (nSPS) is 21.8. The third-order valence-corrected chi connectivity index (χ3v) is 5.10. The zero-order chi connectivity index (χ0) is 18.5. The molecule has 1 amide bonds. The van der Waals surface area contributed by atoms with Crippen molar-refractivity contribution < 1.29 is 23.5 Å². The number of carboxylic acids is 1. The lowest BCUT2D eigenvalue weighted by Gasteiger charge is -2.17. The zero-order valence-electron chi connectivity index (χ0n) is 13.9. The maximum atomic E-state index is 14.3. The van der Waals surface area contributed by atoms with Gasteiger partial charge in [0.05, 0.1) is 6.54 Å². The van der Waals surface area contributed by atoms with Gasteiger partial charge in [-0.15, -0.1) is 0 Å². The summed E-state index contributed by atoms with van der Waals surface area (Å²) >= 11 is 0. The number of carboxylic acid groups (broad SMARTS) is 1. The quantitative estimate of drug-likeness (QED) is 0.909. The molecule has 26 heavy (non-hydrogen) atoms. The van der Waals surface area contributed by atoms with E-state index in [0.717, 1.165) is 17.7 Å². The fourth-order valence-corrected chi connectivity index (χ4v) is 3.70. The summed E-state index contributed by atoms with van der Waals surface area (Å²) in [5, 5.41) is 13.3. The largest absolute Gasteiger partial charge is 0.479 e. The molecule has 4 rings (SSSR count). The van der Waals surface area contributed by atoms with Crippen LogP contribution < -0.4 is 0 Å². The molecule has 6 nitrogen and oxygen atoms in total. The summed E-state index contributed by atoms with van der Waals surface area (Å²) < 4.78 is 29.9. The topological polar surface area (TPSA) is 75.4 Å². The van der Waals surface area contributed by atoms with E-state index in [-0.39, 0.29) is 24.3 Å². The first kappa shape index (κ1) is 16.7. The third-order valence-electron chi connectivity index (χ3n) is 5.10. The summed E-state index contributed by atoms with van der Waals surface area (Å²) in [6.07, 6.45) is 1.89.